The highest BCUT2D eigenvalue weighted by molar-refractivity contribution is 7.98. The molecular formula is C20H22N2O4S. The molecule has 7 heteroatoms. The molecule has 6 nitrogen and oxygen atoms in total. The van der Waals surface area contributed by atoms with Crippen molar-refractivity contribution in [3.8, 4) is 0 Å². The van der Waals surface area contributed by atoms with E-state index in [0.717, 1.165) is 6.42 Å². The molecule has 142 valence electrons. The predicted octanol–water partition coefficient (Wildman–Crippen LogP) is 4.35. The molecule has 3 aromatic rings. The van der Waals surface area contributed by atoms with E-state index in [4.69, 9.17) is 14.1 Å². The first-order valence-electron chi connectivity index (χ1n) is 8.78. The number of fused-ring (bicyclic) bond motifs is 1. The number of nitrogens with zero attached hydrogens (tertiary/aromatic N) is 2. The summed E-state index contributed by atoms with van der Waals surface area (Å²) in [5.41, 5.74) is 1.05. The molecule has 0 spiro atoms. The molecular weight excluding hydrogens is 364 g/mol. The van der Waals surface area contributed by atoms with Crippen molar-refractivity contribution in [1.82, 2.24) is 9.55 Å². The van der Waals surface area contributed by atoms with Crippen molar-refractivity contribution in [2.24, 2.45) is 0 Å². The summed E-state index contributed by atoms with van der Waals surface area (Å²) in [6.45, 7) is 5.78. The number of benzene rings is 1. The number of para-hydroxylation sites is 1. The zero-order valence-corrected chi connectivity index (χ0v) is 16.6. The van der Waals surface area contributed by atoms with E-state index in [1.54, 1.807) is 23.6 Å². The Morgan fingerprint density at radius 2 is 2.11 bits per heavy atom. The molecule has 0 amide bonds. The van der Waals surface area contributed by atoms with Gasteiger partial charge in [0.1, 0.15) is 17.1 Å². The van der Waals surface area contributed by atoms with E-state index in [1.165, 1.54) is 18.9 Å². The number of carbonyl (C=O) groups excluding carboxylic acids is 1. The molecule has 0 aliphatic heterocycles. The standard InChI is InChI=1S/C20H22N2O4S/c1-5-12(2)22-18(23)15-8-6-7-9-17(15)21-20(22)27-11-14-10-16(13(3)26-14)19(24)25-4/h6-10,12H,5,11H2,1-4H3/t12-/m1/s1. The Labute approximate surface area is 161 Å². The molecule has 1 aromatic carbocycles. The summed E-state index contributed by atoms with van der Waals surface area (Å²) in [6.07, 6.45) is 0.819. The number of aromatic nitrogens is 2. The highest BCUT2D eigenvalue weighted by Gasteiger charge is 2.18. The van der Waals surface area contributed by atoms with Crippen LogP contribution in [-0.4, -0.2) is 22.6 Å². The second kappa shape index (κ2) is 8.00. The van der Waals surface area contributed by atoms with E-state index in [2.05, 4.69) is 0 Å². The van der Waals surface area contributed by atoms with Crippen molar-refractivity contribution >= 4 is 28.6 Å². The van der Waals surface area contributed by atoms with Gasteiger partial charge in [-0.2, -0.15) is 0 Å². The number of esters is 1. The maximum Gasteiger partial charge on any atom is 0.341 e. The molecule has 1 atom stereocenters. The highest BCUT2D eigenvalue weighted by Crippen LogP contribution is 2.27. The number of methoxy groups -OCH3 is 1. The van der Waals surface area contributed by atoms with Gasteiger partial charge in [0.25, 0.3) is 5.56 Å². The van der Waals surface area contributed by atoms with Crippen LogP contribution in [0.4, 0.5) is 0 Å². The Morgan fingerprint density at radius 3 is 2.81 bits per heavy atom. The average Bonchev–Trinajstić information content (AvgIpc) is 3.06. The minimum atomic E-state index is -0.423. The number of carbonyl (C=O) groups is 1. The Bertz CT molecular complexity index is 1040. The van der Waals surface area contributed by atoms with E-state index in [9.17, 15) is 9.59 Å². The number of rotatable bonds is 6. The normalized spacial score (nSPS) is 12.3. The van der Waals surface area contributed by atoms with Gasteiger partial charge in [-0.15, -0.1) is 0 Å². The van der Waals surface area contributed by atoms with Gasteiger partial charge in [0, 0.05) is 6.04 Å². The highest BCUT2D eigenvalue weighted by atomic mass is 32.2. The fraction of sp³-hybridized carbons (Fsp3) is 0.350. The van der Waals surface area contributed by atoms with Gasteiger partial charge < -0.3 is 9.15 Å². The van der Waals surface area contributed by atoms with Crippen LogP contribution in [0.15, 0.2) is 44.7 Å². The van der Waals surface area contributed by atoms with Crippen LogP contribution in [0.5, 0.6) is 0 Å². The first kappa shape index (κ1) is 19.2. The third-order valence-electron chi connectivity index (χ3n) is 4.52. The first-order valence-corrected chi connectivity index (χ1v) is 9.76. The quantitative estimate of drug-likeness (QED) is 0.356. The number of furan rings is 1. The predicted molar refractivity (Wildman–Crippen MR) is 105 cm³/mol. The molecule has 3 rings (SSSR count). The monoisotopic (exact) mass is 386 g/mol. The van der Waals surface area contributed by atoms with Crippen molar-refractivity contribution in [3.63, 3.8) is 0 Å². The van der Waals surface area contributed by atoms with Crippen LogP contribution in [0.3, 0.4) is 0 Å². The summed E-state index contributed by atoms with van der Waals surface area (Å²) >= 11 is 1.42. The van der Waals surface area contributed by atoms with Crippen LogP contribution < -0.4 is 5.56 Å². The van der Waals surface area contributed by atoms with Gasteiger partial charge in [0.05, 0.1) is 23.8 Å². The van der Waals surface area contributed by atoms with Crippen LogP contribution in [0.25, 0.3) is 10.9 Å². The topological polar surface area (TPSA) is 74.3 Å². The van der Waals surface area contributed by atoms with Gasteiger partial charge in [0.2, 0.25) is 0 Å². The van der Waals surface area contributed by atoms with Gasteiger partial charge in [-0.3, -0.25) is 9.36 Å². The van der Waals surface area contributed by atoms with Crippen LogP contribution >= 0.6 is 11.8 Å². The molecule has 0 saturated heterocycles. The fourth-order valence-corrected chi connectivity index (χ4v) is 3.84. The number of aryl methyl sites for hydroxylation is 1. The Hall–Kier alpha value is -2.54. The van der Waals surface area contributed by atoms with Crippen molar-refractivity contribution in [3.05, 3.63) is 57.8 Å². The lowest BCUT2D eigenvalue weighted by Gasteiger charge is -2.17. The summed E-state index contributed by atoms with van der Waals surface area (Å²) in [6, 6.07) is 9.07. The lowest BCUT2D eigenvalue weighted by atomic mass is 10.2. The third kappa shape index (κ3) is 3.78. The van der Waals surface area contributed by atoms with Crippen LogP contribution in [0.1, 0.15) is 48.2 Å². The Kier molecular flexibility index (Phi) is 5.70. The Balaban J connectivity index is 1.97. The maximum absolute atomic E-state index is 13.0. The second-order valence-electron chi connectivity index (χ2n) is 6.31. The maximum atomic E-state index is 13.0. The molecule has 0 fully saturated rings. The van der Waals surface area contributed by atoms with E-state index >= 15 is 0 Å². The van der Waals surface area contributed by atoms with Crippen LogP contribution in [0.2, 0.25) is 0 Å². The molecule has 0 N–H and O–H groups in total. The van der Waals surface area contributed by atoms with E-state index in [0.29, 0.717) is 38.9 Å². The van der Waals surface area contributed by atoms with Crippen LogP contribution in [0, 0.1) is 6.92 Å². The largest absolute Gasteiger partial charge is 0.465 e. The van der Waals surface area contributed by atoms with Gasteiger partial charge in [-0.25, -0.2) is 9.78 Å². The first-order chi connectivity index (χ1) is 13.0. The lowest BCUT2D eigenvalue weighted by Crippen LogP contribution is -2.26. The summed E-state index contributed by atoms with van der Waals surface area (Å²) in [4.78, 5) is 29.4. The van der Waals surface area contributed by atoms with Crippen LogP contribution in [-0.2, 0) is 10.5 Å². The molecule has 0 radical (unpaired) electrons. The van der Waals surface area contributed by atoms with Crippen molar-refractivity contribution in [2.75, 3.05) is 7.11 Å². The molecule has 2 heterocycles. The van der Waals surface area contributed by atoms with Gasteiger partial charge in [0.15, 0.2) is 5.16 Å². The second-order valence-corrected chi connectivity index (χ2v) is 7.25. The average molecular weight is 386 g/mol. The Morgan fingerprint density at radius 1 is 1.37 bits per heavy atom. The van der Waals surface area contributed by atoms with E-state index < -0.39 is 5.97 Å². The molecule has 0 aliphatic carbocycles. The SMILES string of the molecule is CC[C@@H](C)n1c(SCc2cc(C(=O)OC)c(C)o2)nc2ccccc2c1=O. The fourth-order valence-electron chi connectivity index (χ4n) is 2.86. The molecule has 0 bridgehead atoms. The number of hydrogen-bond donors (Lipinski definition) is 0. The summed E-state index contributed by atoms with van der Waals surface area (Å²) in [7, 11) is 1.34. The van der Waals surface area contributed by atoms with Gasteiger partial charge >= 0.3 is 5.97 Å². The van der Waals surface area contributed by atoms with E-state index in [-0.39, 0.29) is 11.6 Å². The minimum absolute atomic E-state index is 0.0288. The van der Waals surface area contributed by atoms with E-state index in [1.807, 2.05) is 32.0 Å². The van der Waals surface area contributed by atoms with Gasteiger partial charge in [-0.05, 0) is 38.5 Å². The number of thioether (sulfide) groups is 1. The van der Waals surface area contributed by atoms with Crippen molar-refractivity contribution in [1.29, 1.82) is 0 Å². The minimum Gasteiger partial charge on any atom is -0.465 e. The third-order valence-corrected chi connectivity index (χ3v) is 5.50. The molecule has 27 heavy (non-hydrogen) atoms. The van der Waals surface area contributed by atoms with Gasteiger partial charge in [-0.1, -0.05) is 30.8 Å². The summed E-state index contributed by atoms with van der Waals surface area (Å²) in [5, 5.41) is 1.26. The van der Waals surface area contributed by atoms with Crippen molar-refractivity contribution in [2.45, 2.75) is 44.1 Å². The zero-order chi connectivity index (χ0) is 19.6. The summed E-state index contributed by atoms with van der Waals surface area (Å²) in [5.74, 6) is 1.19. The lowest BCUT2D eigenvalue weighted by molar-refractivity contribution is 0.0599. The molecule has 0 aliphatic rings. The number of hydrogen-bond acceptors (Lipinski definition) is 6. The zero-order valence-electron chi connectivity index (χ0n) is 15.8. The van der Waals surface area contributed by atoms with Crippen molar-refractivity contribution < 1.29 is 13.9 Å². The number of ether oxygens (including phenoxy) is 1. The molecule has 0 saturated carbocycles. The molecule has 0 unspecified atom stereocenters. The molecule has 2 aromatic heterocycles. The smallest absolute Gasteiger partial charge is 0.341 e. The summed E-state index contributed by atoms with van der Waals surface area (Å²) < 4.78 is 12.2.